The number of fused-ring (bicyclic) bond motifs is 1. The second-order valence-electron chi connectivity index (χ2n) is 9.92. The predicted octanol–water partition coefficient (Wildman–Crippen LogP) is 5.37. The first-order valence-corrected chi connectivity index (χ1v) is 11.8. The lowest BCUT2D eigenvalue weighted by Crippen LogP contribution is -2.46. The van der Waals surface area contributed by atoms with E-state index in [1.165, 1.54) is 12.4 Å². The SMILES string of the molecule is CC(C)(C)OC(=O)NC1CC(n2nc(-c3ccc(Oc4ccc(F)cc4F)cc3)c3c(N)ncnc32)C1. The number of hydrogen-bond donors (Lipinski definition) is 2. The van der Waals surface area contributed by atoms with Gasteiger partial charge in [0.2, 0.25) is 0 Å². The molecule has 0 spiro atoms. The van der Waals surface area contributed by atoms with E-state index in [1.807, 2.05) is 25.5 Å². The molecule has 2 heterocycles. The van der Waals surface area contributed by atoms with E-state index < -0.39 is 23.3 Å². The second kappa shape index (κ2) is 9.30. The molecule has 9 nitrogen and oxygen atoms in total. The van der Waals surface area contributed by atoms with Crippen LogP contribution in [0.4, 0.5) is 19.4 Å². The molecule has 1 aliphatic carbocycles. The molecule has 1 saturated carbocycles. The molecule has 0 aliphatic heterocycles. The number of alkyl carbamates (subject to hydrolysis) is 1. The van der Waals surface area contributed by atoms with Crippen LogP contribution in [0.15, 0.2) is 48.8 Å². The Morgan fingerprint density at radius 1 is 1.11 bits per heavy atom. The molecule has 0 atom stereocenters. The normalized spacial score (nSPS) is 17.3. The summed E-state index contributed by atoms with van der Waals surface area (Å²) in [6.07, 6.45) is 2.27. The number of nitrogens with zero attached hydrogens (tertiary/aromatic N) is 4. The Balaban J connectivity index is 1.36. The minimum atomic E-state index is -0.793. The van der Waals surface area contributed by atoms with Gasteiger partial charge in [0.25, 0.3) is 0 Å². The lowest BCUT2D eigenvalue weighted by molar-refractivity contribution is 0.0454. The number of aromatic nitrogens is 4. The number of halogens is 2. The van der Waals surface area contributed by atoms with Crippen molar-refractivity contribution < 1.29 is 23.0 Å². The van der Waals surface area contributed by atoms with Crippen LogP contribution in [0, 0.1) is 11.6 Å². The van der Waals surface area contributed by atoms with Gasteiger partial charge in [0.05, 0.1) is 11.4 Å². The monoisotopic (exact) mass is 508 g/mol. The summed E-state index contributed by atoms with van der Waals surface area (Å²) in [6, 6.07) is 9.95. The van der Waals surface area contributed by atoms with Crippen LogP contribution in [0.5, 0.6) is 11.5 Å². The van der Waals surface area contributed by atoms with Crippen molar-refractivity contribution in [2.45, 2.75) is 51.3 Å². The predicted molar refractivity (Wildman–Crippen MR) is 133 cm³/mol. The number of amides is 1. The van der Waals surface area contributed by atoms with Gasteiger partial charge in [0, 0.05) is 17.7 Å². The number of ether oxygens (including phenoxy) is 2. The Morgan fingerprint density at radius 3 is 2.51 bits per heavy atom. The fraction of sp³-hybridized carbons (Fsp3) is 0.308. The molecule has 192 valence electrons. The Morgan fingerprint density at radius 2 is 1.84 bits per heavy atom. The summed E-state index contributed by atoms with van der Waals surface area (Å²) in [5.74, 6) is -0.888. The van der Waals surface area contributed by atoms with E-state index in [-0.39, 0.29) is 17.8 Å². The van der Waals surface area contributed by atoms with Crippen LogP contribution in [-0.2, 0) is 4.74 Å². The van der Waals surface area contributed by atoms with Gasteiger partial charge < -0.3 is 20.5 Å². The fourth-order valence-corrected chi connectivity index (χ4v) is 4.20. The van der Waals surface area contributed by atoms with Crippen LogP contribution in [0.3, 0.4) is 0 Å². The third kappa shape index (κ3) is 5.16. The number of hydrogen-bond acceptors (Lipinski definition) is 7. The maximum absolute atomic E-state index is 14.0. The number of nitrogens with two attached hydrogens (primary N) is 1. The number of rotatable bonds is 5. The number of carbonyl (C=O) groups excluding carboxylic acids is 1. The minimum absolute atomic E-state index is 0.00884. The molecule has 0 unspecified atom stereocenters. The summed E-state index contributed by atoms with van der Waals surface area (Å²) in [7, 11) is 0. The number of benzene rings is 2. The van der Waals surface area contributed by atoms with Crippen LogP contribution < -0.4 is 15.8 Å². The first-order chi connectivity index (χ1) is 17.6. The highest BCUT2D eigenvalue weighted by Gasteiger charge is 2.35. The Hall–Kier alpha value is -4.28. The summed E-state index contributed by atoms with van der Waals surface area (Å²) in [6.45, 7) is 5.45. The highest BCUT2D eigenvalue weighted by Crippen LogP contribution is 2.38. The number of anilines is 1. The van der Waals surface area contributed by atoms with Crippen molar-refractivity contribution in [2.24, 2.45) is 0 Å². The molecular weight excluding hydrogens is 482 g/mol. The highest BCUT2D eigenvalue weighted by molar-refractivity contribution is 5.98. The van der Waals surface area contributed by atoms with E-state index in [0.29, 0.717) is 41.1 Å². The molecule has 0 bridgehead atoms. The van der Waals surface area contributed by atoms with Crippen molar-refractivity contribution in [1.29, 1.82) is 0 Å². The first kappa shape index (κ1) is 24.4. The molecular formula is C26H26F2N6O3. The van der Waals surface area contributed by atoms with E-state index in [4.69, 9.17) is 20.3 Å². The molecule has 11 heteroatoms. The van der Waals surface area contributed by atoms with Crippen molar-refractivity contribution in [2.75, 3.05) is 5.73 Å². The molecule has 0 radical (unpaired) electrons. The van der Waals surface area contributed by atoms with Gasteiger partial charge in [-0.2, -0.15) is 5.10 Å². The maximum Gasteiger partial charge on any atom is 0.407 e. The van der Waals surface area contributed by atoms with Crippen molar-refractivity contribution in [3.05, 3.63) is 60.4 Å². The smallest absolute Gasteiger partial charge is 0.407 e. The Labute approximate surface area is 211 Å². The highest BCUT2D eigenvalue weighted by atomic mass is 19.1. The Kier molecular flexibility index (Phi) is 6.14. The van der Waals surface area contributed by atoms with E-state index >= 15 is 0 Å². The van der Waals surface area contributed by atoms with Gasteiger partial charge in [-0.3, -0.25) is 0 Å². The lowest BCUT2D eigenvalue weighted by Gasteiger charge is -2.36. The van der Waals surface area contributed by atoms with Crippen LogP contribution >= 0.6 is 0 Å². The summed E-state index contributed by atoms with van der Waals surface area (Å²) < 4.78 is 39.8. The number of nitrogens with one attached hydrogen (secondary N) is 1. The van der Waals surface area contributed by atoms with Gasteiger partial charge >= 0.3 is 6.09 Å². The van der Waals surface area contributed by atoms with Crippen molar-refractivity contribution >= 4 is 22.9 Å². The zero-order valence-electron chi connectivity index (χ0n) is 20.5. The van der Waals surface area contributed by atoms with Crippen LogP contribution in [0.25, 0.3) is 22.3 Å². The Bertz CT molecular complexity index is 1460. The van der Waals surface area contributed by atoms with Gasteiger partial charge in [0.1, 0.15) is 35.0 Å². The van der Waals surface area contributed by atoms with Crippen molar-refractivity contribution in [3.8, 4) is 22.8 Å². The lowest BCUT2D eigenvalue weighted by atomic mass is 9.87. The zero-order valence-corrected chi connectivity index (χ0v) is 20.5. The molecule has 2 aromatic heterocycles. The maximum atomic E-state index is 14.0. The molecule has 0 saturated heterocycles. The largest absolute Gasteiger partial charge is 0.454 e. The van der Waals surface area contributed by atoms with Gasteiger partial charge in [-0.25, -0.2) is 28.2 Å². The second-order valence-corrected chi connectivity index (χ2v) is 9.92. The van der Waals surface area contributed by atoms with Gasteiger partial charge in [0.15, 0.2) is 17.2 Å². The van der Waals surface area contributed by atoms with Crippen LogP contribution in [0.2, 0.25) is 0 Å². The topological polar surface area (TPSA) is 117 Å². The number of carbonyl (C=O) groups is 1. The van der Waals surface area contributed by atoms with Gasteiger partial charge in [-0.15, -0.1) is 0 Å². The molecule has 1 fully saturated rings. The van der Waals surface area contributed by atoms with Gasteiger partial charge in [-0.1, -0.05) is 0 Å². The van der Waals surface area contributed by atoms with E-state index in [1.54, 1.807) is 24.3 Å². The first-order valence-electron chi connectivity index (χ1n) is 11.8. The molecule has 37 heavy (non-hydrogen) atoms. The third-order valence-corrected chi connectivity index (χ3v) is 5.95. The average Bonchev–Trinajstić information content (AvgIpc) is 3.18. The van der Waals surface area contributed by atoms with E-state index in [0.717, 1.165) is 17.7 Å². The van der Waals surface area contributed by atoms with Gasteiger partial charge in [-0.05, 0) is 70.0 Å². The zero-order chi connectivity index (χ0) is 26.3. The minimum Gasteiger partial charge on any atom is -0.454 e. The molecule has 1 amide bonds. The fourth-order valence-electron chi connectivity index (χ4n) is 4.20. The molecule has 3 N–H and O–H groups in total. The summed E-state index contributed by atoms with van der Waals surface area (Å²) in [5, 5.41) is 8.30. The van der Waals surface area contributed by atoms with Crippen LogP contribution in [-0.4, -0.2) is 37.5 Å². The third-order valence-electron chi connectivity index (χ3n) is 5.95. The quantitative estimate of drug-likeness (QED) is 0.372. The summed E-state index contributed by atoms with van der Waals surface area (Å²) in [5.41, 5.74) is 7.56. The molecule has 1 aliphatic rings. The standard InChI is InChI=1S/C26H26F2N6O3/c1-26(2,3)37-25(35)32-16-11-17(12-16)34-24-21(23(29)30-13-31-24)22(33-34)14-4-7-18(8-5-14)36-20-9-6-15(27)10-19(20)28/h4-10,13,16-17H,11-12H2,1-3H3,(H,32,35)(H2,29,30,31). The van der Waals surface area contributed by atoms with Crippen molar-refractivity contribution in [1.82, 2.24) is 25.1 Å². The number of nitrogen functional groups attached to an aromatic ring is 1. The average molecular weight is 509 g/mol. The molecule has 4 aromatic rings. The molecule has 2 aromatic carbocycles. The van der Waals surface area contributed by atoms with Crippen molar-refractivity contribution in [3.63, 3.8) is 0 Å². The molecule has 5 rings (SSSR count). The summed E-state index contributed by atoms with van der Waals surface area (Å²) >= 11 is 0. The van der Waals surface area contributed by atoms with E-state index in [9.17, 15) is 13.6 Å². The van der Waals surface area contributed by atoms with E-state index in [2.05, 4.69) is 15.3 Å². The summed E-state index contributed by atoms with van der Waals surface area (Å²) in [4.78, 5) is 20.6. The van der Waals surface area contributed by atoms with Crippen LogP contribution in [0.1, 0.15) is 39.7 Å².